The molecule has 2 rings (SSSR count). The molecule has 1 unspecified atom stereocenters. The fraction of sp³-hybridized carbons (Fsp3) is 0.154. The van der Waals surface area contributed by atoms with Gasteiger partial charge in [-0.1, -0.05) is 12.1 Å². The summed E-state index contributed by atoms with van der Waals surface area (Å²) < 4.78 is 19.3. The molecule has 17 heavy (non-hydrogen) atoms. The van der Waals surface area contributed by atoms with Crippen molar-refractivity contribution >= 4 is 15.9 Å². The predicted octanol–water partition coefficient (Wildman–Crippen LogP) is 4.12. The quantitative estimate of drug-likeness (QED) is 0.795. The predicted molar refractivity (Wildman–Crippen MR) is 67.4 cm³/mol. The Bertz CT molecular complexity index is 518. The van der Waals surface area contributed by atoms with E-state index in [-0.39, 0.29) is 11.9 Å². The molecule has 88 valence electrons. The van der Waals surface area contributed by atoms with Crippen molar-refractivity contribution in [3.05, 3.63) is 58.6 Å². The van der Waals surface area contributed by atoms with Crippen LogP contribution in [0.3, 0.4) is 0 Å². The molecule has 2 aromatic rings. The molecule has 1 aromatic carbocycles. The van der Waals surface area contributed by atoms with Crippen molar-refractivity contribution in [2.75, 3.05) is 0 Å². The fourth-order valence-electron chi connectivity index (χ4n) is 1.46. The summed E-state index contributed by atoms with van der Waals surface area (Å²) in [6.07, 6.45) is -0.228. The van der Waals surface area contributed by atoms with Gasteiger partial charge < -0.3 is 4.74 Å². The number of hydrogen-bond donors (Lipinski definition) is 0. The second kappa shape index (κ2) is 5.27. The van der Waals surface area contributed by atoms with E-state index in [1.54, 1.807) is 12.1 Å². The van der Waals surface area contributed by atoms with Gasteiger partial charge in [-0.3, -0.25) is 0 Å². The van der Waals surface area contributed by atoms with Crippen LogP contribution < -0.4 is 4.74 Å². The van der Waals surface area contributed by atoms with Gasteiger partial charge in [0.05, 0.1) is 5.69 Å². The van der Waals surface area contributed by atoms with E-state index in [0.29, 0.717) is 5.75 Å². The molecule has 0 radical (unpaired) electrons. The number of pyridine rings is 1. The van der Waals surface area contributed by atoms with E-state index in [2.05, 4.69) is 20.9 Å². The van der Waals surface area contributed by atoms with Gasteiger partial charge in [0, 0.05) is 6.07 Å². The minimum Gasteiger partial charge on any atom is -0.484 e. The molecule has 0 amide bonds. The molecule has 0 N–H and O–H groups in total. The average molecular weight is 296 g/mol. The van der Waals surface area contributed by atoms with Crippen LogP contribution >= 0.6 is 15.9 Å². The number of nitrogens with zero attached hydrogens (tertiary/aromatic N) is 1. The maximum atomic E-state index is 13.0. The van der Waals surface area contributed by atoms with Gasteiger partial charge in [0.15, 0.2) is 0 Å². The number of aromatic nitrogens is 1. The van der Waals surface area contributed by atoms with Crippen molar-refractivity contribution < 1.29 is 9.13 Å². The van der Waals surface area contributed by atoms with Crippen LogP contribution in [0.1, 0.15) is 18.7 Å². The molecule has 0 aliphatic rings. The van der Waals surface area contributed by atoms with Crippen LogP contribution in [-0.4, -0.2) is 4.98 Å². The zero-order valence-corrected chi connectivity index (χ0v) is 10.8. The summed E-state index contributed by atoms with van der Waals surface area (Å²) in [4.78, 5) is 4.29. The van der Waals surface area contributed by atoms with Crippen molar-refractivity contribution in [2.24, 2.45) is 0 Å². The van der Waals surface area contributed by atoms with E-state index >= 15 is 0 Å². The molecule has 1 atom stereocenters. The normalized spacial score (nSPS) is 12.2. The Hall–Kier alpha value is -1.42. The smallest absolute Gasteiger partial charge is 0.138 e. The Morgan fingerprint density at radius 1 is 1.24 bits per heavy atom. The molecular formula is C13H11BrFNO. The zero-order chi connectivity index (χ0) is 12.3. The lowest BCUT2D eigenvalue weighted by Crippen LogP contribution is -2.05. The zero-order valence-electron chi connectivity index (χ0n) is 9.23. The van der Waals surface area contributed by atoms with Crippen molar-refractivity contribution in [3.8, 4) is 5.75 Å². The minimum absolute atomic E-state index is 0.228. The van der Waals surface area contributed by atoms with E-state index in [1.807, 2.05) is 25.1 Å². The molecule has 0 spiro atoms. The van der Waals surface area contributed by atoms with Crippen molar-refractivity contribution in [1.29, 1.82) is 0 Å². The first-order chi connectivity index (χ1) is 8.15. The van der Waals surface area contributed by atoms with E-state index in [4.69, 9.17) is 4.74 Å². The van der Waals surface area contributed by atoms with Crippen molar-refractivity contribution in [3.63, 3.8) is 0 Å². The van der Waals surface area contributed by atoms with Gasteiger partial charge in [0.2, 0.25) is 0 Å². The van der Waals surface area contributed by atoms with Crippen molar-refractivity contribution in [2.45, 2.75) is 13.0 Å². The summed E-state index contributed by atoms with van der Waals surface area (Å²) in [5.74, 6) is 0.191. The summed E-state index contributed by atoms with van der Waals surface area (Å²) in [6.45, 7) is 1.87. The maximum Gasteiger partial charge on any atom is 0.138 e. The van der Waals surface area contributed by atoms with Gasteiger partial charge in [0.1, 0.15) is 22.3 Å². The topological polar surface area (TPSA) is 22.1 Å². The lowest BCUT2D eigenvalue weighted by atomic mass is 10.2. The van der Waals surface area contributed by atoms with Crippen LogP contribution in [0.4, 0.5) is 4.39 Å². The van der Waals surface area contributed by atoms with Crippen LogP contribution in [0.2, 0.25) is 0 Å². The molecule has 0 aliphatic heterocycles. The third-order valence-corrected chi connectivity index (χ3v) is 2.70. The summed E-state index contributed by atoms with van der Waals surface area (Å²) in [7, 11) is 0. The molecule has 0 saturated carbocycles. The Balaban J connectivity index is 2.14. The Kier molecular flexibility index (Phi) is 3.74. The molecule has 0 fully saturated rings. The molecular weight excluding hydrogens is 285 g/mol. The van der Waals surface area contributed by atoms with Gasteiger partial charge in [-0.15, -0.1) is 0 Å². The summed E-state index contributed by atoms with van der Waals surface area (Å²) in [6, 6.07) is 11.7. The fourth-order valence-corrected chi connectivity index (χ4v) is 1.81. The molecule has 2 nitrogen and oxygen atoms in total. The van der Waals surface area contributed by atoms with Crippen molar-refractivity contribution in [1.82, 2.24) is 4.98 Å². The Labute approximate surface area is 108 Å². The first kappa shape index (κ1) is 12.0. The third kappa shape index (κ3) is 3.27. The summed E-state index contributed by atoms with van der Waals surface area (Å²) >= 11 is 3.30. The van der Waals surface area contributed by atoms with E-state index < -0.39 is 0 Å². The van der Waals surface area contributed by atoms with E-state index in [1.165, 1.54) is 12.1 Å². The highest BCUT2D eigenvalue weighted by molar-refractivity contribution is 9.10. The van der Waals surface area contributed by atoms with Gasteiger partial charge in [-0.05, 0) is 47.1 Å². The lowest BCUT2D eigenvalue weighted by molar-refractivity contribution is 0.221. The second-order valence-electron chi connectivity index (χ2n) is 3.60. The Morgan fingerprint density at radius 3 is 2.71 bits per heavy atom. The maximum absolute atomic E-state index is 13.0. The van der Waals surface area contributed by atoms with Gasteiger partial charge >= 0.3 is 0 Å². The standard InChI is InChI=1S/C13H11BrFNO/c1-9(12-6-3-7-13(14)16-12)17-11-5-2-4-10(15)8-11/h2-9H,1H3. The monoisotopic (exact) mass is 295 g/mol. The molecule has 0 saturated heterocycles. The largest absolute Gasteiger partial charge is 0.484 e. The van der Waals surface area contributed by atoms with Crippen LogP contribution in [-0.2, 0) is 0 Å². The highest BCUT2D eigenvalue weighted by Crippen LogP contribution is 2.21. The average Bonchev–Trinajstić information content (AvgIpc) is 2.29. The third-order valence-electron chi connectivity index (χ3n) is 2.26. The van der Waals surface area contributed by atoms with Crippen LogP contribution in [0, 0.1) is 5.82 Å². The minimum atomic E-state index is -0.308. The second-order valence-corrected chi connectivity index (χ2v) is 4.42. The first-order valence-electron chi connectivity index (χ1n) is 5.20. The lowest BCUT2D eigenvalue weighted by Gasteiger charge is -2.14. The van der Waals surface area contributed by atoms with Gasteiger partial charge in [0.25, 0.3) is 0 Å². The van der Waals surface area contributed by atoms with E-state index in [9.17, 15) is 4.39 Å². The highest BCUT2D eigenvalue weighted by atomic mass is 79.9. The highest BCUT2D eigenvalue weighted by Gasteiger charge is 2.09. The van der Waals surface area contributed by atoms with Crippen LogP contribution in [0.25, 0.3) is 0 Å². The number of benzene rings is 1. The molecule has 0 bridgehead atoms. The number of hydrogen-bond acceptors (Lipinski definition) is 2. The van der Waals surface area contributed by atoms with Crippen LogP contribution in [0.5, 0.6) is 5.75 Å². The van der Waals surface area contributed by atoms with E-state index in [0.717, 1.165) is 10.3 Å². The summed E-state index contributed by atoms with van der Waals surface area (Å²) in [5, 5.41) is 0. The molecule has 1 aromatic heterocycles. The number of rotatable bonds is 3. The number of ether oxygens (including phenoxy) is 1. The molecule has 1 heterocycles. The molecule has 4 heteroatoms. The molecule has 0 aliphatic carbocycles. The number of halogens is 2. The van der Waals surface area contributed by atoms with Gasteiger partial charge in [-0.25, -0.2) is 9.37 Å². The summed E-state index contributed by atoms with van der Waals surface area (Å²) in [5.41, 5.74) is 0.795. The van der Waals surface area contributed by atoms with Crippen LogP contribution in [0.15, 0.2) is 47.1 Å². The van der Waals surface area contributed by atoms with Gasteiger partial charge in [-0.2, -0.15) is 0 Å². The first-order valence-corrected chi connectivity index (χ1v) is 5.99. The SMILES string of the molecule is CC(Oc1cccc(F)c1)c1cccc(Br)n1. The Morgan fingerprint density at radius 2 is 2.00 bits per heavy atom.